The zero-order chi connectivity index (χ0) is 32.2. The molecule has 3 aromatic carbocycles. The highest BCUT2D eigenvalue weighted by Crippen LogP contribution is 2.31. The minimum absolute atomic E-state index is 0.161. The van der Waals surface area contributed by atoms with E-state index >= 15 is 0 Å². The maximum atomic E-state index is 14.6. The average Bonchev–Trinajstić information content (AvgIpc) is 3.01. The van der Waals surface area contributed by atoms with Gasteiger partial charge in [0.2, 0.25) is 15.7 Å². The molecule has 0 bridgehead atoms. The fourth-order valence-electron chi connectivity index (χ4n) is 5.11. The first kappa shape index (κ1) is 32.1. The topological polar surface area (TPSA) is 133 Å². The number of hydrogen-bond donors (Lipinski definition) is 1. The molecule has 1 atom stereocenters. The van der Waals surface area contributed by atoms with Crippen LogP contribution in [0, 0.1) is 17.1 Å². The van der Waals surface area contributed by atoms with Crippen LogP contribution in [0.25, 0.3) is 11.1 Å². The molecule has 228 valence electrons. The number of nitrogens with zero attached hydrogens (tertiary/aromatic N) is 4. The van der Waals surface area contributed by atoms with Gasteiger partial charge in [0.15, 0.2) is 4.90 Å². The van der Waals surface area contributed by atoms with Gasteiger partial charge in [-0.15, -0.1) is 0 Å². The van der Waals surface area contributed by atoms with Crippen LogP contribution in [0.5, 0.6) is 5.88 Å². The van der Waals surface area contributed by atoms with Crippen molar-refractivity contribution in [3.8, 4) is 23.1 Å². The molecule has 1 heterocycles. The van der Waals surface area contributed by atoms with Gasteiger partial charge in [0.1, 0.15) is 17.7 Å². The number of aryl methyl sites for hydroxylation is 1. The summed E-state index contributed by atoms with van der Waals surface area (Å²) in [7, 11) is -1.31. The summed E-state index contributed by atoms with van der Waals surface area (Å²) in [4.78, 5) is 31.2. The minimum atomic E-state index is -4.58. The standard InChI is InChI=1S/C33H33FN4O5S/c1-5-7-12-29-36-31(39)30(33(41)38(29)28(6-2)22-13-14-23(20-35)27(34)19-22)44(42,43)24-17-15-21(16-18-24)25-10-8-9-11-26(25)32(40)37(3)4/h8-11,13-19,28,39H,5-7,12H2,1-4H3. The van der Waals surface area contributed by atoms with Crippen LogP contribution in [0.3, 0.4) is 0 Å². The molecule has 11 heteroatoms. The second-order valence-corrected chi connectivity index (χ2v) is 12.4. The van der Waals surface area contributed by atoms with E-state index in [1.54, 1.807) is 51.4 Å². The second kappa shape index (κ2) is 13.2. The van der Waals surface area contributed by atoms with Gasteiger partial charge in [-0.25, -0.2) is 12.8 Å². The normalized spacial score (nSPS) is 12.0. The number of hydrogen-bond acceptors (Lipinski definition) is 7. The van der Waals surface area contributed by atoms with E-state index in [1.165, 1.54) is 45.9 Å². The third kappa shape index (κ3) is 6.12. The summed E-state index contributed by atoms with van der Waals surface area (Å²) in [6.07, 6.45) is 1.90. The molecule has 4 rings (SSSR count). The summed E-state index contributed by atoms with van der Waals surface area (Å²) < 4.78 is 43.6. The Bertz CT molecular complexity index is 1910. The molecule has 1 unspecified atom stereocenters. The quantitative estimate of drug-likeness (QED) is 0.249. The molecule has 9 nitrogen and oxygen atoms in total. The van der Waals surface area contributed by atoms with Crippen molar-refractivity contribution < 1.29 is 22.7 Å². The molecule has 0 saturated heterocycles. The van der Waals surface area contributed by atoms with Gasteiger partial charge in [-0.05, 0) is 59.9 Å². The molecular formula is C33H33FN4O5S. The highest BCUT2D eigenvalue weighted by atomic mass is 32.2. The number of benzene rings is 3. The van der Waals surface area contributed by atoms with Gasteiger partial charge in [-0.2, -0.15) is 10.2 Å². The molecule has 1 N–H and O–H groups in total. The predicted octanol–water partition coefficient (Wildman–Crippen LogP) is 5.50. The number of carbonyl (C=O) groups excluding carboxylic acids is 1. The van der Waals surface area contributed by atoms with Crippen molar-refractivity contribution in [3.63, 3.8) is 0 Å². The maximum absolute atomic E-state index is 14.6. The summed E-state index contributed by atoms with van der Waals surface area (Å²) in [5.41, 5.74) is 0.832. The molecule has 1 aromatic heterocycles. The lowest BCUT2D eigenvalue weighted by atomic mass is 9.99. The van der Waals surface area contributed by atoms with Gasteiger partial charge in [0.05, 0.1) is 16.5 Å². The highest BCUT2D eigenvalue weighted by Gasteiger charge is 2.32. The van der Waals surface area contributed by atoms with Crippen LogP contribution in [0.2, 0.25) is 0 Å². The fourth-order valence-corrected chi connectivity index (χ4v) is 6.45. The zero-order valence-corrected chi connectivity index (χ0v) is 25.7. The summed E-state index contributed by atoms with van der Waals surface area (Å²) in [5, 5.41) is 20.0. The average molecular weight is 617 g/mol. The van der Waals surface area contributed by atoms with Crippen molar-refractivity contribution in [3.05, 3.63) is 105 Å². The second-order valence-electron chi connectivity index (χ2n) is 10.5. The number of unbranched alkanes of at least 4 members (excludes halogenated alkanes) is 1. The van der Waals surface area contributed by atoms with Gasteiger partial charge in [-0.1, -0.05) is 56.7 Å². The van der Waals surface area contributed by atoms with E-state index < -0.39 is 38.0 Å². The van der Waals surface area contributed by atoms with Gasteiger partial charge in [0.25, 0.3) is 11.5 Å². The maximum Gasteiger partial charge on any atom is 0.277 e. The van der Waals surface area contributed by atoms with Crippen molar-refractivity contribution in [2.45, 2.75) is 55.4 Å². The molecule has 0 radical (unpaired) electrons. The lowest BCUT2D eigenvalue weighted by molar-refractivity contribution is 0.0828. The van der Waals surface area contributed by atoms with Crippen LogP contribution < -0.4 is 5.56 Å². The monoisotopic (exact) mass is 616 g/mol. The molecule has 0 fully saturated rings. The molecule has 44 heavy (non-hydrogen) atoms. The molecule has 4 aromatic rings. The third-order valence-electron chi connectivity index (χ3n) is 7.39. The number of aromatic hydroxyl groups is 1. The molecular weight excluding hydrogens is 583 g/mol. The van der Waals surface area contributed by atoms with Crippen molar-refractivity contribution >= 4 is 15.7 Å². The smallest absolute Gasteiger partial charge is 0.277 e. The highest BCUT2D eigenvalue weighted by molar-refractivity contribution is 7.91. The van der Waals surface area contributed by atoms with Gasteiger partial charge < -0.3 is 10.0 Å². The molecule has 0 aliphatic rings. The number of amides is 1. The molecule has 0 aliphatic carbocycles. The predicted molar refractivity (Wildman–Crippen MR) is 164 cm³/mol. The Morgan fingerprint density at radius 1 is 1.09 bits per heavy atom. The van der Waals surface area contributed by atoms with E-state index in [0.717, 1.165) is 12.5 Å². The third-order valence-corrected chi connectivity index (χ3v) is 9.18. The van der Waals surface area contributed by atoms with Gasteiger partial charge >= 0.3 is 0 Å². The Morgan fingerprint density at radius 3 is 2.36 bits per heavy atom. The van der Waals surface area contributed by atoms with Gasteiger partial charge in [-0.3, -0.25) is 14.2 Å². The molecule has 0 saturated carbocycles. The van der Waals surface area contributed by atoms with E-state index in [2.05, 4.69) is 4.98 Å². The summed E-state index contributed by atoms with van der Waals surface area (Å²) in [6.45, 7) is 3.70. The summed E-state index contributed by atoms with van der Waals surface area (Å²) >= 11 is 0. The number of carbonyl (C=O) groups is 1. The van der Waals surface area contributed by atoms with Crippen LogP contribution in [-0.2, 0) is 16.3 Å². The molecule has 0 spiro atoms. The fraction of sp³-hybridized carbons (Fsp3) is 0.273. The van der Waals surface area contributed by atoms with E-state index in [-0.39, 0.29) is 35.0 Å². The first-order valence-corrected chi connectivity index (χ1v) is 15.6. The Balaban J connectivity index is 1.86. The van der Waals surface area contributed by atoms with Crippen LogP contribution in [0.15, 0.2) is 81.3 Å². The number of halogens is 1. The van der Waals surface area contributed by atoms with E-state index in [0.29, 0.717) is 28.7 Å². The number of sulfone groups is 1. The Hall–Kier alpha value is -4.82. The van der Waals surface area contributed by atoms with Crippen molar-refractivity contribution in [1.29, 1.82) is 5.26 Å². The Morgan fingerprint density at radius 2 is 1.77 bits per heavy atom. The summed E-state index contributed by atoms with van der Waals surface area (Å²) in [5.74, 6) is -1.73. The van der Waals surface area contributed by atoms with E-state index in [9.17, 15) is 27.5 Å². The number of rotatable bonds is 10. The lowest BCUT2D eigenvalue weighted by Crippen LogP contribution is -2.33. The summed E-state index contributed by atoms with van der Waals surface area (Å²) in [6, 6.07) is 17.5. The number of nitriles is 1. The van der Waals surface area contributed by atoms with Gasteiger partial charge in [0, 0.05) is 26.1 Å². The largest absolute Gasteiger partial charge is 0.492 e. The minimum Gasteiger partial charge on any atom is -0.492 e. The van der Waals surface area contributed by atoms with Crippen LogP contribution in [0.1, 0.15) is 66.5 Å². The first-order chi connectivity index (χ1) is 21.0. The van der Waals surface area contributed by atoms with Crippen LogP contribution in [-0.4, -0.2) is 48.0 Å². The Kier molecular flexibility index (Phi) is 9.65. The van der Waals surface area contributed by atoms with Crippen molar-refractivity contribution in [2.75, 3.05) is 14.1 Å². The Labute approximate surface area is 255 Å². The van der Waals surface area contributed by atoms with E-state index in [4.69, 9.17) is 5.26 Å². The van der Waals surface area contributed by atoms with Crippen molar-refractivity contribution in [2.24, 2.45) is 0 Å². The molecule has 0 aliphatic heterocycles. The van der Waals surface area contributed by atoms with E-state index in [1.807, 2.05) is 6.92 Å². The van der Waals surface area contributed by atoms with Crippen LogP contribution >= 0.6 is 0 Å². The zero-order valence-electron chi connectivity index (χ0n) is 24.9. The molecule has 1 amide bonds. The van der Waals surface area contributed by atoms with Crippen molar-refractivity contribution in [1.82, 2.24) is 14.5 Å². The first-order valence-electron chi connectivity index (χ1n) is 14.2. The SMILES string of the molecule is CCCCc1nc(O)c(S(=O)(=O)c2ccc(-c3ccccc3C(=O)N(C)C)cc2)c(=O)n1C(CC)c1ccc(C#N)c(F)c1. The van der Waals surface area contributed by atoms with Crippen LogP contribution in [0.4, 0.5) is 4.39 Å². The number of aromatic nitrogens is 2. The lowest BCUT2D eigenvalue weighted by Gasteiger charge is -2.23.